The molecule has 0 aromatic carbocycles. The van der Waals surface area contributed by atoms with Crippen LogP contribution < -0.4 is 5.32 Å². The fraction of sp³-hybridized carbons (Fsp3) is 0.455. The number of halogens is 1. The summed E-state index contributed by atoms with van der Waals surface area (Å²) >= 11 is 3.73. The first-order valence-electron chi connectivity index (χ1n) is 5.49. The third-order valence-electron chi connectivity index (χ3n) is 2.50. The molecule has 18 heavy (non-hydrogen) atoms. The molecule has 0 saturated carbocycles. The Balaban J connectivity index is 2.00. The van der Waals surface area contributed by atoms with Gasteiger partial charge in [0.05, 0.1) is 0 Å². The highest BCUT2D eigenvalue weighted by Crippen LogP contribution is 2.24. The molecule has 1 aliphatic rings. The Hall–Kier alpha value is -0.950. The van der Waals surface area contributed by atoms with E-state index in [1.165, 1.54) is 6.20 Å². The van der Waals surface area contributed by atoms with Crippen molar-refractivity contribution in [3.8, 4) is 0 Å². The zero-order chi connectivity index (χ0) is 13.0. The van der Waals surface area contributed by atoms with Crippen LogP contribution >= 0.6 is 23.5 Å². The van der Waals surface area contributed by atoms with E-state index in [-0.39, 0.29) is 11.4 Å². The zero-order valence-corrected chi connectivity index (χ0v) is 11.2. The molecule has 1 aliphatic heterocycles. The van der Waals surface area contributed by atoms with Gasteiger partial charge in [0.1, 0.15) is 5.56 Å². The van der Waals surface area contributed by atoms with Crippen LogP contribution in [0.5, 0.6) is 0 Å². The topological polar surface area (TPSA) is 62.2 Å². The van der Waals surface area contributed by atoms with E-state index in [2.05, 4.69) is 10.3 Å². The monoisotopic (exact) mass is 288 g/mol. The zero-order valence-electron chi connectivity index (χ0n) is 9.56. The largest absolute Gasteiger partial charge is 0.478 e. The molecule has 1 unspecified atom stereocenters. The number of thioether (sulfide) groups is 2. The van der Waals surface area contributed by atoms with Gasteiger partial charge in [-0.15, -0.1) is 0 Å². The Kier molecular flexibility index (Phi) is 4.71. The summed E-state index contributed by atoms with van der Waals surface area (Å²) in [6, 6.07) is 1.16. The maximum atomic E-state index is 13.8. The van der Waals surface area contributed by atoms with Crippen molar-refractivity contribution >= 4 is 35.3 Å². The lowest BCUT2D eigenvalue weighted by Crippen LogP contribution is -2.24. The predicted octanol–water partition coefficient (Wildman–Crippen LogP) is 2.18. The van der Waals surface area contributed by atoms with Crippen LogP contribution in [0.4, 0.5) is 10.2 Å². The summed E-state index contributed by atoms with van der Waals surface area (Å²) in [7, 11) is 0. The number of aromatic carboxylic acids is 1. The van der Waals surface area contributed by atoms with E-state index >= 15 is 0 Å². The summed E-state index contributed by atoms with van der Waals surface area (Å²) < 4.78 is 13.8. The van der Waals surface area contributed by atoms with Crippen LogP contribution in [-0.2, 0) is 0 Å². The summed E-state index contributed by atoms with van der Waals surface area (Å²) in [4.78, 5) is 14.6. The second-order valence-corrected chi connectivity index (χ2v) is 6.33. The lowest BCUT2D eigenvalue weighted by Gasteiger charge is -2.21. The van der Waals surface area contributed by atoms with E-state index in [0.29, 0.717) is 11.8 Å². The first kappa shape index (κ1) is 13.5. The first-order chi connectivity index (χ1) is 8.68. The van der Waals surface area contributed by atoms with Crippen LogP contribution in [-0.4, -0.2) is 45.1 Å². The maximum absolute atomic E-state index is 13.8. The van der Waals surface area contributed by atoms with Crippen molar-refractivity contribution in [3.63, 3.8) is 0 Å². The highest BCUT2D eigenvalue weighted by molar-refractivity contribution is 8.06. The van der Waals surface area contributed by atoms with Gasteiger partial charge in [-0.1, -0.05) is 0 Å². The van der Waals surface area contributed by atoms with Crippen molar-refractivity contribution < 1.29 is 14.3 Å². The van der Waals surface area contributed by atoms with Crippen molar-refractivity contribution in [3.05, 3.63) is 23.6 Å². The van der Waals surface area contributed by atoms with Gasteiger partial charge in [-0.2, -0.15) is 23.5 Å². The lowest BCUT2D eigenvalue weighted by atomic mass is 10.2. The maximum Gasteiger partial charge on any atom is 0.338 e. The number of carboxylic acid groups (broad SMARTS) is 1. The third-order valence-corrected chi connectivity index (χ3v) is 5.35. The van der Waals surface area contributed by atoms with Crippen LogP contribution in [0.1, 0.15) is 10.4 Å². The van der Waals surface area contributed by atoms with E-state index in [9.17, 15) is 9.18 Å². The van der Waals surface area contributed by atoms with Gasteiger partial charge in [0.25, 0.3) is 0 Å². The minimum absolute atomic E-state index is 0.0195. The first-order valence-corrected chi connectivity index (χ1v) is 7.70. The number of nitrogens with zero attached hydrogens (tertiary/aromatic N) is 1. The highest BCUT2D eigenvalue weighted by Gasteiger charge is 2.18. The number of rotatable bonds is 4. The second kappa shape index (κ2) is 6.29. The van der Waals surface area contributed by atoms with Gasteiger partial charge in [-0.25, -0.2) is 14.2 Å². The number of carboxylic acids is 1. The normalized spacial score (nSPS) is 19.5. The molecule has 0 radical (unpaired) electrons. The van der Waals surface area contributed by atoms with Crippen LogP contribution in [0.2, 0.25) is 0 Å². The molecule has 1 atom stereocenters. The summed E-state index contributed by atoms with van der Waals surface area (Å²) in [5, 5.41) is 12.1. The minimum atomic E-state index is -1.28. The second-order valence-electron chi connectivity index (χ2n) is 3.77. The van der Waals surface area contributed by atoms with Gasteiger partial charge in [0.2, 0.25) is 0 Å². The molecule has 98 valence electrons. The van der Waals surface area contributed by atoms with Gasteiger partial charge in [0, 0.05) is 35.3 Å². The van der Waals surface area contributed by atoms with E-state index in [0.717, 1.165) is 23.3 Å². The molecule has 1 aromatic heterocycles. The molecular formula is C11H13FN2O2S2. The Morgan fingerprint density at radius 3 is 3.11 bits per heavy atom. The summed E-state index contributed by atoms with van der Waals surface area (Å²) in [6.07, 6.45) is 1.30. The van der Waals surface area contributed by atoms with E-state index in [1.807, 2.05) is 23.5 Å². The molecule has 1 fully saturated rings. The number of anilines is 1. The summed E-state index contributed by atoms with van der Waals surface area (Å²) in [5.74, 6) is 1.23. The average molecular weight is 288 g/mol. The molecule has 1 saturated heterocycles. The van der Waals surface area contributed by atoms with Gasteiger partial charge in [-0.3, -0.25) is 0 Å². The number of hydrogen-bond donors (Lipinski definition) is 2. The minimum Gasteiger partial charge on any atom is -0.478 e. The third kappa shape index (κ3) is 3.29. The molecule has 0 aliphatic carbocycles. The predicted molar refractivity (Wildman–Crippen MR) is 73.2 cm³/mol. The fourth-order valence-electron chi connectivity index (χ4n) is 1.60. The molecule has 2 rings (SSSR count). The molecule has 7 heteroatoms. The number of nitrogens with one attached hydrogen (secondary N) is 1. The van der Waals surface area contributed by atoms with Crippen LogP contribution in [0.15, 0.2) is 12.3 Å². The number of hydrogen-bond acceptors (Lipinski definition) is 5. The Morgan fingerprint density at radius 1 is 1.61 bits per heavy atom. The highest BCUT2D eigenvalue weighted by atomic mass is 32.2. The van der Waals surface area contributed by atoms with Crippen molar-refractivity contribution in [1.29, 1.82) is 0 Å². The summed E-state index contributed by atoms with van der Waals surface area (Å²) in [5.41, 5.74) is -0.349. The molecule has 1 aromatic rings. The standard InChI is InChI=1S/C11H13FN2O2S2/c12-9-8(11(15)16)1-2-13-10(9)14-5-7-6-17-3-4-18-7/h1-2,7H,3-6H2,(H,13,14)(H,15,16). The molecule has 2 heterocycles. The van der Waals surface area contributed by atoms with Crippen molar-refractivity contribution in [1.82, 2.24) is 4.98 Å². The molecule has 4 nitrogen and oxygen atoms in total. The van der Waals surface area contributed by atoms with Gasteiger partial charge in [0.15, 0.2) is 11.6 Å². The lowest BCUT2D eigenvalue weighted by molar-refractivity contribution is 0.0692. The fourth-order valence-corrected chi connectivity index (χ4v) is 4.21. The smallest absolute Gasteiger partial charge is 0.338 e. The van der Waals surface area contributed by atoms with Gasteiger partial charge in [-0.05, 0) is 6.07 Å². The van der Waals surface area contributed by atoms with Crippen LogP contribution in [0.3, 0.4) is 0 Å². The molecule has 0 amide bonds. The number of aromatic nitrogens is 1. The van der Waals surface area contributed by atoms with E-state index < -0.39 is 11.8 Å². The Morgan fingerprint density at radius 2 is 2.44 bits per heavy atom. The van der Waals surface area contributed by atoms with Crippen molar-refractivity contribution in [2.45, 2.75) is 5.25 Å². The molecular weight excluding hydrogens is 275 g/mol. The van der Waals surface area contributed by atoms with E-state index in [1.54, 1.807) is 0 Å². The van der Waals surface area contributed by atoms with Crippen molar-refractivity contribution in [2.24, 2.45) is 0 Å². The Bertz CT molecular complexity index is 439. The summed E-state index contributed by atoms with van der Waals surface area (Å²) in [6.45, 7) is 0.602. The van der Waals surface area contributed by atoms with Gasteiger partial charge >= 0.3 is 5.97 Å². The molecule has 0 spiro atoms. The molecule has 0 bridgehead atoms. The Labute approximate surface area is 113 Å². The van der Waals surface area contributed by atoms with Gasteiger partial charge < -0.3 is 10.4 Å². The molecule has 2 N–H and O–H groups in total. The van der Waals surface area contributed by atoms with Crippen LogP contribution in [0, 0.1) is 5.82 Å². The number of carbonyl (C=O) groups is 1. The SMILES string of the molecule is O=C(O)c1ccnc(NCC2CSCCS2)c1F. The van der Waals surface area contributed by atoms with Crippen molar-refractivity contribution in [2.75, 3.05) is 29.1 Å². The quantitative estimate of drug-likeness (QED) is 0.885. The van der Waals surface area contributed by atoms with Crippen LogP contribution in [0.25, 0.3) is 0 Å². The van der Waals surface area contributed by atoms with E-state index in [4.69, 9.17) is 5.11 Å². The number of pyridine rings is 1. The average Bonchev–Trinajstić information content (AvgIpc) is 2.38.